The summed E-state index contributed by atoms with van der Waals surface area (Å²) in [6.45, 7) is 6.14. The van der Waals surface area contributed by atoms with Crippen LogP contribution in [0, 0.1) is 13.8 Å². The van der Waals surface area contributed by atoms with Crippen molar-refractivity contribution in [2.45, 2.75) is 33.1 Å². The number of aromatic nitrogens is 3. The van der Waals surface area contributed by atoms with Crippen LogP contribution >= 0.6 is 22.9 Å². The highest BCUT2D eigenvalue weighted by Crippen LogP contribution is 2.28. The van der Waals surface area contributed by atoms with Crippen molar-refractivity contribution < 1.29 is 14.4 Å². The number of carbonyl (C=O) groups is 3. The molecule has 3 heterocycles. The molecule has 0 radical (unpaired) electrons. The Hall–Kier alpha value is -3.77. The predicted octanol–water partition coefficient (Wildman–Crippen LogP) is 3.76. The summed E-state index contributed by atoms with van der Waals surface area (Å²) in [5.41, 5.74) is 1.45. The van der Waals surface area contributed by atoms with Gasteiger partial charge in [-0.15, -0.1) is 0 Å². The number of hydrogen-bond donors (Lipinski definition) is 3. The van der Waals surface area contributed by atoms with Crippen LogP contribution in [0.25, 0.3) is 0 Å². The minimum absolute atomic E-state index is 0.0550. The molecule has 0 aliphatic carbocycles. The molecular formula is C26H31ClN8O3S. The fraction of sp³-hybridized carbons (Fsp3) is 0.385. The van der Waals surface area contributed by atoms with Crippen molar-refractivity contribution in [2.75, 3.05) is 48.8 Å². The molecule has 4 rings (SSSR count). The minimum Gasteiger partial charge on any atom is -0.359 e. The number of carbonyl (C=O) groups excluding carboxylic acids is 3. The molecule has 1 fully saturated rings. The molecule has 1 aliphatic heterocycles. The number of piperazine rings is 1. The van der Waals surface area contributed by atoms with Crippen LogP contribution < -0.4 is 20.9 Å². The second-order valence-electron chi connectivity index (χ2n) is 9.09. The zero-order valence-electron chi connectivity index (χ0n) is 22.1. The summed E-state index contributed by atoms with van der Waals surface area (Å²) in [5.74, 6) is 1.62. The Labute approximate surface area is 236 Å². The van der Waals surface area contributed by atoms with Gasteiger partial charge < -0.3 is 25.8 Å². The Bertz CT molecular complexity index is 1340. The second kappa shape index (κ2) is 12.9. The summed E-state index contributed by atoms with van der Waals surface area (Å²) < 4.78 is 0. The van der Waals surface area contributed by atoms with Gasteiger partial charge in [0.25, 0.3) is 5.91 Å². The Morgan fingerprint density at radius 3 is 2.56 bits per heavy atom. The van der Waals surface area contributed by atoms with Gasteiger partial charge in [-0.05, 0) is 31.9 Å². The molecule has 39 heavy (non-hydrogen) atoms. The Morgan fingerprint density at radius 2 is 1.85 bits per heavy atom. The van der Waals surface area contributed by atoms with Crippen molar-refractivity contribution >= 4 is 63.1 Å². The van der Waals surface area contributed by atoms with Gasteiger partial charge in [-0.25, -0.2) is 15.0 Å². The molecule has 0 atom stereocenters. The van der Waals surface area contributed by atoms with E-state index >= 15 is 0 Å². The van der Waals surface area contributed by atoms with E-state index in [0.29, 0.717) is 77.8 Å². The first-order valence-electron chi connectivity index (χ1n) is 12.6. The first kappa shape index (κ1) is 28.2. The summed E-state index contributed by atoms with van der Waals surface area (Å²) >= 11 is 7.44. The molecule has 3 amide bonds. The molecule has 0 spiro atoms. The summed E-state index contributed by atoms with van der Waals surface area (Å²) in [7, 11) is 1.59. The van der Waals surface area contributed by atoms with Crippen LogP contribution in [0.1, 0.15) is 40.3 Å². The SMILES string of the molecule is CNC(=O)CCCC(=O)N1CCN(c2cc(Nc3ncc(C(=O)Nc4c(C)cccc4Cl)s3)nc(C)n2)CC1. The van der Waals surface area contributed by atoms with Gasteiger partial charge in [0.15, 0.2) is 5.13 Å². The van der Waals surface area contributed by atoms with Gasteiger partial charge in [-0.2, -0.15) is 0 Å². The van der Waals surface area contributed by atoms with Crippen LogP contribution in [0.3, 0.4) is 0 Å². The summed E-state index contributed by atoms with van der Waals surface area (Å²) in [6, 6.07) is 7.27. The standard InChI is InChI=1S/C26H31ClN8O3S/c1-16-6-4-7-18(27)24(16)33-25(38)19-15-29-26(39-19)32-20-14-21(31-17(2)30-20)34-10-12-35(13-11-34)23(37)9-5-8-22(36)28-3/h4,6-7,14-15H,5,8-13H2,1-3H3,(H,28,36)(H,33,38)(H,29,30,31,32). The number of nitrogens with zero attached hydrogens (tertiary/aromatic N) is 5. The highest BCUT2D eigenvalue weighted by atomic mass is 35.5. The predicted molar refractivity (Wildman–Crippen MR) is 153 cm³/mol. The van der Waals surface area contributed by atoms with E-state index in [2.05, 4.69) is 35.8 Å². The Balaban J connectivity index is 1.34. The topological polar surface area (TPSA) is 132 Å². The van der Waals surface area contributed by atoms with Crippen LogP contribution in [-0.2, 0) is 9.59 Å². The van der Waals surface area contributed by atoms with Gasteiger partial charge in [0.1, 0.15) is 22.3 Å². The fourth-order valence-corrected chi connectivity index (χ4v) is 5.15. The van der Waals surface area contributed by atoms with Crippen molar-refractivity contribution in [1.82, 2.24) is 25.2 Å². The average Bonchev–Trinajstić information content (AvgIpc) is 3.39. The van der Waals surface area contributed by atoms with Crippen LogP contribution in [-0.4, -0.2) is 70.8 Å². The molecule has 3 aromatic rings. The molecule has 11 nitrogen and oxygen atoms in total. The van der Waals surface area contributed by atoms with Crippen molar-refractivity contribution in [2.24, 2.45) is 0 Å². The van der Waals surface area contributed by atoms with Crippen molar-refractivity contribution in [1.29, 1.82) is 0 Å². The normalized spacial score (nSPS) is 13.2. The molecule has 2 aromatic heterocycles. The summed E-state index contributed by atoms with van der Waals surface area (Å²) in [4.78, 5) is 54.4. The van der Waals surface area contributed by atoms with E-state index < -0.39 is 0 Å². The van der Waals surface area contributed by atoms with E-state index in [1.165, 1.54) is 17.5 Å². The molecular weight excluding hydrogens is 540 g/mol. The largest absolute Gasteiger partial charge is 0.359 e. The lowest BCUT2D eigenvalue weighted by molar-refractivity contribution is -0.131. The molecule has 0 bridgehead atoms. The lowest BCUT2D eigenvalue weighted by atomic mass is 10.2. The van der Waals surface area contributed by atoms with E-state index in [1.54, 1.807) is 13.1 Å². The first-order chi connectivity index (χ1) is 18.7. The molecule has 206 valence electrons. The zero-order valence-corrected chi connectivity index (χ0v) is 23.7. The molecule has 3 N–H and O–H groups in total. The van der Waals surface area contributed by atoms with Crippen molar-refractivity contribution in [3.8, 4) is 0 Å². The van der Waals surface area contributed by atoms with Gasteiger partial charge >= 0.3 is 0 Å². The lowest BCUT2D eigenvalue weighted by Crippen LogP contribution is -2.49. The Morgan fingerprint density at radius 1 is 1.08 bits per heavy atom. The van der Waals surface area contributed by atoms with Gasteiger partial charge in [0.2, 0.25) is 11.8 Å². The van der Waals surface area contributed by atoms with E-state index in [-0.39, 0.29) is 17.7 Å². The van der Waals surface area contributed by atoms with Gasteiger partial charge in [0.05, 0.1) is 16.9 Å². The third-order valence-corrected chi connectivity index (χ3v) is 7.51. The highest BCUT2D eigenvalue weighted by Gasteiger charge is 2.23. The second-order valence-corrected chi connectivity index (χ2v) is 10.5. The van der Waals surface area contributed by atoms with Crippen LogP contribution in [0.5, 0.6) is 0 Å². The highest BCUT2D eigenvalue weighted by molar-refractivity contribution is 7.17. The number of para-hydroxylation sites is 1. The number of benzene rings is 1. The summed E-state index contributed by atoms with van der Waals surface area (Å²) in [5, 5.41) is 9.60. The third kappa shape index (κ3) is 7.42. The van der Waals surface area contributed by atoms with E-state index in [4.69, 9.17) is 11.6 Å². The average molecular weight is 571 g/mol. The van der Waals surface area contributed by atoms with E-state index in [1.807, 2.05) is 36.9 Å². The van der Waals surface area contributed by atoms with Gasteiger partial charge in [-0.3, -0.25) is 14.4 Å². The smallest absolute Gasteiger partial charge is 0.267 e. The number of halogens is 1. The van der Waals surface area contributed by atoms with Crippen LogP contribution in [0.2, 0.25) is 5.02 Å². The van der Waals surface area contributed by atoms with Gasteiger partial charge in [0, 0.05) is 52.1 Å². The minimum atomic E-state index is -0.294. The monoisotopic (exact) mass is 570 g/mol. The lowest BCUT2D eigenvalue weighted by Gasteiger charge is -2.35. The number of nitrogens with one attached hydrogen (secondary N) is 3. The van der Waals surface area contributed by atoms with E-state index in [9.17, 15) is 14.4 Å². The number of hydrogen-bond acceptors (Lipinski definition) is 9. The fourth-order valence-electron chi connectivity index (χ4n) is 4.16. The molecule has 1 saturated heterocycles. The van der Waals surface area contributed by atoms with Crippen LogP contribution in [0.4, 0.5) is 22.5 Å². The third-order valence-electron chi connectivity index (χ3n) is 6.28. The quantitative estimate of drug-likeness (QED) is 0.354. The molecule has 13 heteroatoms. The molecule has 1 aromatic carbocycles. The number of anilines is 4. The number of aryl methyl sites for hydroxylation is 2. The first-order valence-corrected chi connectivity index (χ1v) is 13.8. The maximum absolute atomic E-state index is 12.8. The Kier molecular flexibility index (Phi) is 9.31. The maximum atomic E-state index is 12.8. The van der Waals surface area contributed by atoms with Crippen molar-refractivity contribution in [3.05, 3.63) is 51.7 Å². The maximum Gasteiger partial charge on any atom is 0.267 e. The number of thiazole rings is 1. The van der Waals surface area contributed by atoms with E-state index in [0.717, 1.165) is 11.4 Å². The summed E-state index contributed by atoms with van der Waals surface area (Å²) in [6.07, 6.45) is 2.76. The number of rotatable bonds is 9. The zero-order chi connectivity index (χ0) is 27.9. The molecule has 0 saturated carbocycles. The van der Waals surface area contributed by atoms with Gasteiger partial charge in [-0.1, -0.05) is 35.1 Å². The molecule has 0 unspecified atom stereocenters. The number of amides is 3. The molecule has 1 aliphatic rings. The van der Waals surface area contributed by atoms with Crippen molar-refractivity contribution in [3.63, 3.8) is 0 Å². The van der Waals surface area contributed by atoms with Crippen LogP contribution in [0.15, 0.2) is 30.5 Å².